The lowest BCUT2D eigenvalue weighted by molar-refractivity contribution is 1.14. The van der Waals surface area contributed by atoms with E-state index in [9.17, 15) is 0 Å². The molecule has 3 heteroatoms. The van der Waals surface area contributed by atoms with Gasteiger partial charge in [-0.05, 0) is 13.0 Å². The molecule has 0 unspecified atom stereocenters. The SMILES string of the molecule is Cc1cc(N)c(CC#N)cn1. The lowest BCUT2D eigenvalue weighted by atomic mass is 10.2. The molecule has 1 aromatic heterocycles. The Morgan fingerprint density at radius 3 is 3.00 bits per heavy atom. The maximum absolute atomic E-state index is 8.38. The summed E-state index contributed by atoms with van der Waals surface area (Å²) in [4.78, 5) is 4.03. The largest absolute Gasteiger partial charge is 0.398 e. The molecule has 0 aromatic carbocycles. The molecule has 3 nitrogen and oxygen atoms in total. The second-order valence-corrected chi connectivity index (χ2v) is 2.36. The van der Waals surface area contributed by atoms with E-state index in [-0.39, 0.29) is 0 Å². The number of pyridine rings is 1. The van der Waals surface area contributed by atoms with Crippen molar-refractivity contribution in [3.63, 3.8) is 0 Å². The van der Waals surface area contributed by atoms with E-state index < -0.39 is 0 Å². The van der Waals surface area contributed by atoms with Gasteiger partial charge in [0.2, 0.25) is 0 Å². The third-order valence-electron chi connectivity index (χ3n) is 1.43. The minimum Gasteiger partial charge on any atom is -0.398 e. The molecule has 0 spiro atoms. The zero-order valence-corrected chi connectivity index (χ0v) is 6.33. The summed E-state index contributed by atoms with van der Waals surface area (Å²) in [5.74, 6) is 0. The summed E-state index contributed by atoms with van der Waals surface area (Å²) in [6.07, 6.45) is 1.98. The first-order valence-electron chi connectivity index (χ1n) is 3.32. The highest BCUT2D eigenvalue weighted by Gasteiger charge is 1.97. The van der Waals surface area contributed by atoms with E-state index in [0.29, 0.717) is 12.1 Å². The van der Waals surface area contributed by atoms with Crippen LogP contribution in [0.15, 0.2) is 12.3 Å². The van der Waals surface area contributed by atoms with Crippen molar-refractivity contribution in [2.45, 2.75) is 13.3 Å². The Balaban J connectivity index is 3.01. The molecule has 0 bridgehead atoms. The highest BCUT2D eigenvalue weighted by atomic mass is 14.7. The van der Waals surface area contributed by atoms with Gasteiger partial charge in [0.15, 0.2) is 0 Å². The number of nitrogen functional groups attached to an aromatic ring is 1. The molecule has 0 radical (unpaired) electrons. The normalized spacial score (nSPS) is 9.09. The molecule has 0 saturated carbocycles. The van der Waals surface area contributed by atoms with Crippen LogP contribution in [-0.2, 0) is 6.42 Å². The van der Waals surface area contributed by atoms with Crippen molar-refractivity contribution in [3.05, 3.63) is 23.5 Å². The monoisotopic (exact) mass is 147 g/mol. The van der Waals surface area contributed by atoms with E-state index in [2.05, 4.69) is 4.98 Å². The zero-order chi connectivity index (χ0) is 8.27. The van der Waals surface area contributed by atoms with Crippen LogP contribution in [-0.4, -0.2) is 4.98 Å². The number of nitrogens with zero attached hydrogens (tertiary/aromatic N) is 2. The van der Waals surface area contributed by atoms with E-state index >= 15 is 0 Å². The van der Waals surface area contributed by atoms with Gasteiger partial charge in [-0.2, -0.15) is 5.26 Å². The molecule has 1 heterocycles. The molecule has 0 aliphatic carbocycles. The van der Waals surface area contributed by atoms with Crippen LogP contribution in [0.25, 0.3) is 0 Å². The smallest absolute Gasteiger partial charge is 0.0671 e. The van der Waals surface area contributed by atoms with Crippen LogP contribution < -0.4 is 5.73 Å². The first kappa shape index (κ1) is 7.55. The minimum absolute atomic E-state index is 0.332. The van der Waals surface area contributed by atoms with Crippen molar-refractivity contribution >= 4 is 5.69 Å². The first-order chi connectivity index (χ1) is 5.24. The van der Waals surface area contributed by atoms with Gasteiger partial charge in [0.25, 0.3) is 0 Å². The average Bonchev–Trinajstić information content (AvgIpc) is 1.95. The van der Waals surface area contributed by atoms with Gasteiger partial charge in [-0.25, -0.2) is 0 Å². The summed E-state index contributed by atoms with van der Waals surface area (Å²) in [5, 5.41) is 8.38. The van der Waals surface area contributed by atoms with E-state index in [1.54, 1.807) is 12.3 Å². The number of aromatic nitrogens is 1. The summed E-state index contributed by atoms with van der Waals surface area (Å²) in [6, 6.07) is 3.79. The second-order valence-electron chi connectivity index (χ2n) is 2.36. The molecule has 0 saturated heterocycles. The van der Waals surface area contributed by atoms with Crippen molar-refractivity contribution in [1.82, 2.24) is 4.98 Å². The standard InChI is InChI=1S/C8H9N3/c1-6-4-8(10)7(2-3-9)5-11-6/h4-5H,2H2,1H3,(H2,10,11). The van der Waals surface area contributed by atoms with Crippen molar-refractivity contribution in [1.29, 1.82) is 5.26 Å². The number of rotatable bonds is 1. The summed E-state index contributed by atoms with van der Waals surface area (Å²) in [6.45, 7) is 1.87. The van der Waals surface area contributed by atoms with Gasteiger partial charge in [-0.3, -0.25) is 4.98 Å². The van der Waals surface area contributed by atoms with Gasteiger partial charge in [0.05, 0.1) is 12.5 Å². The molecule has 0 atom stereocenters. The molecule has 56 valence electrons. The van der Waals surface area contributed by atoms with Gasteiger partial charge in [-0.15, -0.1) is 0 Å². The molecule has 0 aliphatic rings. The van der Waals surface area contributed by atoms with Gasteiger partial charge < -0.3 is 5.73 Å². The molecule has 0 fully saturated rings. The summed E-state index contributed by atoms with van der Waals surface area (Å²) in [5.41, 5.74) is 7.95. The minimum atomic E-state index is 0.332. The summed E-state index contributed by atoms with van der Waals surface area (Å²) < 4.78 is 0. The molecule has 0 aliphatic heterocycles. The Labute approximate surface area is 65.5 Å². The topological polar surface area (TPSA) is 62.7 Å². The van der Waals surface area contributed by atoms with Crippen LogP contribution in [0, 0.1) is 18.3 Å². The number of anilines is 1. The number of nitrogens with two attached hydrogens (primary N) is 1. The zero-order valence-electron chi connectivity index (χ0n) is 6.33. The summed E-state index contributed by atoms with van der Waals surface area (Å²) in [7, 11) is 0. The molecular formula is C8H9N3. The van der Waals surface area contributed by atoms with Crippen LogP contribution >= 0.6 is 0 Å². The predicted octanol–water partition coefficient (Wildman–Crippen LogP) is 1.04. The Hall–Kier alpha value is -1.56. The highest BCUT2D eigenvalue weighted by molar-refractivity contribution is 5.47. The van der Waals surface area contributed by atoms with Crippen LogP contribution in [0.2, 0.25) is 0 Å². The Morgan fingerprint density at radius 2 is 2.45 bits per heavy atom. The van der Waals surface area contributed by atoms with Crippen LogP contribution in [0.4, 0.5) is 5.69 Å². The Morgan fingerprint density at radius 1 is 1.73 bits per heavy atom. The van der Waals surface area contributed by atoms with Crippen LogP contribution in [0.5, 0.6) is 0 Å². The second kappa shape index (κ2) is 3.02. The maximum Gasteiger partial charge on any atom is 0.0671 e. The number of nitriles is 1. The third-order valence-corrected chi connectivity index (χ3v) is 1.43. The fourth-order valence-corrected chi connectivity index (χ4v) is 0.842. The van der Waals surface area contributed by atoms with E-state index in [4.69, 9.17) is 11.0 Å². The van der Waals surface area contributed by atoms with Gasteiger partial charge in [-0.1, -0.05) is 0 Å². The van der Waals surface area contributed by atoms with Crippen molar-refractivity contribution in [2.24, 2.45) is 0 Å². The van der Waals surface area contributed by atoms with Crippen molar-refractivity contribution < 1.29 is 0 Å². The van der Waals surface area contributed by atoms with E-state index in [0.717, 1.165) is 11.3 Å². The fraction of sp³-hybridized carbons (Fsp3) is 0.250. The molecule has 1 rings (SSSR count). The van der Waals surface area contributed by atoms with Gasteiger partial charge in [0.1, 0.15) is 0 Å². The van der Waals surface area contributed by atoms with Crippen molar-refractivity contribution in [3.8, 4) is 6.07 Å². The summed E-state index contributed by atoms with van der Waals surface area (Å²) >= 11 is 0. The first-order valence-corrected chi connectivity index (χ1v) is 3.32. The van der Waals surface area contributed by atoms with Crippen LogP contribution in [0.3, 0.4) is 0 Å². The van der Waals surface area contributed by atoms with Gasteiger partial charge >= 0.3 is 0 Å². The Bertz CT molecular complexity index is 299. The Kier molecular flexibility index (Phi) is 2.07. The van der Waals surface area contributed by atoms with E-state index in [1.165, 1.54) is 0 Å². The fourth-order valence-electron chi connectivity index (χ4n) is 0.842. The van der Waals surface area contributed by atoms with Crippen molar-refractivity contribution in [2.75, 3.05) is 5.73 Å². The van der Waals surface area contributed by atoms with E-state index in [1.807, 2.05) is 13.0 Å². The number of hydrogen-bond acceptors (Lipinski definition) is 3. The van der Waals surface area contributed by atoms with Gasteiger partial charge in [0, 0.05) is 23.1 Å². The maximum atomic E-state index is 8.38. The molecule has 0 amide bonds. The average molecular weight is 147 g/mol. The number of aryl methyl sites for hydroxylation is 1. The highest BCUT2D eigenvalue weighted by Crippen LogP contribution is 2.10. The number of hydrogen-bond donors (Lipinski definition) is 1. The van der Waals surface area contributed by atoms with Crippen LogP contribution in [0.1, 0.15) is 11.3 Å². The lowest BCUT2D eigenvalue weighted by Crippen LogP contribution is -1.95. The third kappa shape index (κ3) is 1.68. The quantitative estimate of drug-likeness (QED) is 0.645. The molecule has 2 N–H and O–H groups in total. The molecule has 11 heavy (non-hydrogen) atoms. The lowest BCUT2D eigenvalue weighted by Gasteiger charge is -2.00. The molecule has 1 aromatic rings. The predicted molar refractivity (Wildman–Crippen MR) is 42.7 cm³/mol. The molecular weight excluding hydrogens is 138 g/mol.